The second-order valence-corrected chi connectivity index (χ2v) is 4.35. The Hall–Kier alpha value is -0.860. The molecule has 1 heterocycles. The van der Waals surface area contributed by atoms with Crippen LogP contribution in [0.15, 0.2) is 24.3 Å². The molecule has 0 amide bonds. The van der Waals surface area contributed by atoms with E-state index in [9.17, 15) is 0 Å². The maximum absolute atomic E-state index is 5.52. The number of nitrogens with one attached hydrogen (secondary N) is 1. The highest BCUT2D eigenvalue weighted by Crippen LogP contribution is 2.13. The summed E-state index contributed by atoms with van der Waals surface area (Å²) in [6, 6.07) is 9.59. The van der Waals surface area contributed by atoms with E-state index in [0.717, 1.165) is 13.0 Å². The van der Waals surface area contributed by atoms with Crippen LogP contribution in [0.25, 0.3) is 0 Å². The lowest BCUT2D eigenvalue weighted by Crippen LogP contribution is -2.23. The fraction of sp³-hybridized carbons (Fsp3) is 0.538. The first-order chi connectivity index (χ1) is 7.38. The lowest BCUT2D eigenvalue weighted by atomic mass is 10.0. The third-order valence-electron chi connectivity index (χ3n) is 3.10. The van der Waals surface area contributed by atoms with Gasteiger partial charge in [0.2, 0.25) is 0 Å². The standard InChI is InChI=1S/C13H20N2/c14-8-7-11-3-5-12(6-4-11)10-13-2-1-9-15-13/h3-6,13,15H,1-2,7-10,14H2. The Morgan fingerprint density at radius 1 is 1.20 bits per heavy atom. The molecule has 0 bridgehead atoms. The first-order valence-corrected chi connectivity index (χ1v) is 5.90. The minimum atomic E-state index is 0.699. The number of rotatable bonds is 4. The van der Waals surface area contributed by atoms with E-state index in [4.69, 9.17) is 5.73 Å². The molecule has 15 heavy (non-hydrogen) atoms. The van der Waals surface area contributed by atoms with E-state index in [-0.39, 0.29) is 0 Å². The van der Waals surface area contributed by atoms with Gasteiger partial charge in [-0.1, -0.05) is 24.3 Å². The molecule has 2 nitrogen and oxygen atoms in total. The SMILES string of the molecule is NCCc1ccc(CC2CCCN2)cc1. The van der Waals surface area contributed by atoms with Gasteiger partial charge in [-0.2, -0.15) is 0 Å². The molecule has 3 N–H and O–H groups in total. The molecule has 0 spiro atoms. The van der Waals surface area contributed by atoms with Gasteiger partial charge in [-0.25, -0.2) is 0 Å². The summed E-state index contributed by atoms with van der Waals surface area (Å²) in [5, 5.41) is 3.52. The lowest BCUT2D eigenvalue weighted by Gasteiger charge is -2.10. The third-order valence-corrected chi connectivity index (χ3v) is 3.10. The summed E-state index contributed by atoms with van der Waals surface area (Å²) in [6.45, 7) is 1.93. The van der Waals surface area contributed by atoms with Gasteiger partial charge < -0.3 is 11.1 Å². The van der Waals surface area contributed by atoms with E-state index in [0.29, 0.717) is 6.04 Å². The number of hydrogen-bond acceptors (Lipinski definition) is 2. The molecule has 1 atom stereocenters. The smallest absolute Gasteiger partial charge is 0.0108 e. The quantitative estimate of drug-likeness (QED) is 0.779. The van der Waals surface area contributed by atoms with Crippen LogP contribution in [0.4, 0.5) is 0 Å². The van der Waals surface area contributed by atoms with Gasteiger partial charge in [0.1, 0.15) is 0 Å². The van der Waals surface area contributed by atoms with Crippen LogP contribution >= 0.6 is 0 Å². The average molecular weight is 204 g/mol. The van der Waals surface area contributed by atoms with E-state index >= 15 is 0 Å². The van der Waals surface area contributed by atoms with Crippen LogP contribution in [-0.4, -0.2) is 19.1 Å². The number of benzene rings is 1. The minimum Gasteiger partial charge on any atom is -0.330 e. The van der Waals surface area contributed by atoms with Crippen LogP contribution in [0.5, 0.6) is 0 Å². The molecule has 1 fully saturated rings. The van der Waals surface area contributed by atoms with Crippen molar-refractivity contribution in [1.82, 2.24) is 5.32 Å². The highest BCUT2D eigenvalue weighted by Gasteiger charge is 2.13. The van der Waals surface area contributed by atoms with Crippen LogP contribution < -0.4 is 11.1 Å². The van der Waals surface area contributed by atoms with Gasteiger partial charge in [0, 0.05) is 6.04 Å². The summed E-state index contributed by atoms with van der Waals surface area (Å²) >= 11 is 0. The fourth-order valence-electron chi connectivity index (χ4n) is 2.22. The maximum atomic E-state index is 5.52. The van der Waals surface area contributed by atoms with Crippen LogP contribution in [-0.2, 0) is 12.8 Å². The Morgan fingerprint density at radius 2 is 1.93 bits per heavy atom. The predicted molar refractivity (Wildman–Crippen MR) is 63.9 cm³/mol. The first-order valence-electron chi connectivity index (χ1n) is 5.90. The monoisotopic (exact) mass is 204 g/mol. The zero-order valence-corrected chi connectivity index (χ0v) is 9.21. The number of hydrogen-bond donors (Lipinski definition) is 2. The highest BCUT2D eigenvalue weighted by molar-refractivity contribution is 5.23. The van der Waals surface area contributed by atoms with Crippen molar-refractivity contribution in [3.8, 4) is 0 Å². The molecule has 0 radical (unpaired) electrons. The van der Waals surface area contributed by atoms with Crippen molar-refractivity contribution >= 4 is 0 Å². The third kappa shape index (κ3) is 3.05. The summed E-state index contributed by atoms with van der Waals surface area (Å²) in [5.41, 5.74) is 8.31. The molecule has 1 aliphatic rings. The zero-order chi connectivity index (χ0) is 10.5. The Balaban J connectivity index is 1.91. The first kappa shape index (κ1) is 10.7. The average Bonchev–Trinajstić information content (AvgIpc) is 2.74. The van der Waals surface area contributed by atoms with Crippen molar-refractivity contribution in [3.63, 3.8) is 0 Å². The van der Waals surface area contributed by atoms with Gasteiger partial charge >= 0.3 is 0 Å². The van der Waals surface area contributed by atoms with Gasteiger partial charge in [-0.05, 0) is 49.9 Å². The van der Waals surface area contributed by atoms with Crippen molar-refractivity contribution in [3.05, 3.63) is 35.4 Å². The predicted octanol–water partition coefficient (Wildman–Crippen LogP) is 1.48. The maximum Gasteiger partial charge on any atom is 0.0108 e. The van der Waals surface area contributed by atoms with E-state index < -0.39 is 0 Å². The van der Waals surface area contributed by atoms with Gasteiger partial charge in [0.05, 0.1) is 0 Å². The second-order valence-electron chi connectivity index (χ2n) is 4.35. The number of nitrogens with two attached hydrogens (primary N) is 1. The Labute approximate surface area is 91.9 Å². The van der Waals surface area contributed by atoms with E-state index in [1.807, 2.05) is 0 Å². The molecule has 0 saturated carbocycles. The molecular weight excluding hydrogens is 184 g/mol. The Bertz CT molecular complexity index is 286. The van der Waals surface area contributed by atoms with Crippen LogP contribution in [0.3, 0.4) is 0 Å². The second kappa shape index (κ2) is 5.29. The molecular formula is C13H20N2. The summed E-state index contributed by atoms with van der Waals surface area (Å²) in [5.74, 6) is 0. The van der Waals surface area contributed by atoms with E-state index in [1.54, 1.807) is 0 Å². The molecule has 1 aromatic rings. The molecule has 1 unspecified atom stereocenters. The molecule has 1 aliphatic heterocycles. The molecule has 0 aromatic heterocycles. The molecule has 2 rings (SSSR count). The van der Waals surface area contributed by atoms with Gasteiger partial charge in [-0.15, -0.1) is 0 Å². The lowest BCUT2D eigenvalue weighted by molar-refractivity contribution is 0.603. The van der Waals surface area contributed by atoms with E-state index in [2.05, 4.69) is 29.6 Å². The van der Waals surface area contributed by atoms with Crippen LogP contribution in [0, 0.1) is 0 Å². The van der Waals surface area contributed by atoms with Gasteiger partial charge in [-0.3, -0.25) is 0 Å². The fourth-order valence-corrected chi connectivity index (χ4v) is 2.22. The normalized spacial score (nSPS) is 20.7. The summed E-state index contributed by atoms with van der Waals surface area (Å²) < 4.78 is 0. The molecule has 82 valence electrons. The largest absolute Gasteiger partial charge is 0.330 e. The molecule has 0 aliphatic carbocycles. The van der Waals surface area contributed by atoms with E-state index in [1.165, 1.54) is 36.9 Å². The van der Waals surface area contributed by atoms with Crippen LogP contribution in [0.2, 0.25) is 0 Å². The van der Waals surface area contributed by atoms with Gasteiger partial charge in [0.15, 0.2) is 0 Å². The van der Waals surface area contributed by atoms with Crippen molar-refractivity contribution in [1.29, 1.82) is 0 Å². The minimum absolute atomic E-state index is 0.699. The molecule has 1 aromatic carbocycles. The summed E-state index contributed by atoms with van der Waals surface area (Å²) in [4.78, 5) is 0. The van der Waals surface area contributed by atoms with Crippen molar-refractivity contribution < 1.29 is 0 Å². The van der Waals surface area contributed by atoms with Crippen molar-refractivity contribution in [2.24, 2.45) is 5.73 Å². The molecule has 1 saturated heterocycles. The Kier molecular flexibility index (Phi) is 3.75. The summed E-state index contributed by atoms with van der Waals surface area (Å²) in [6.07, 6.45) is 4.81. The summed E-state index contributed by atoms with van der Waals surface area (Å²) in [7, 11) is 0. The zero-order valence-electron chi connectivity index (χ0n) is 9.21. The van der Waals surface area contributed by atoms with Gasteiger partial charge in [0.25, 0.3) is 0 Å². The topological polar surface area (TPSA) is 38.0 Å². The Morgan fingerprint density at radius 3 is 2.53 bits per heavy atom. The highest BCUT2D eigenvalue weighted by atomic mass is 14.9. The molecule has 2 heteroatoms. The van der Waals surface area contributed by atoms with Crippen molar-refractivity contribution in [2.45, 2.75) is 31.7 Å². The van der Waals surface area contributed by atoms with Crippen LogP contribution in [0.1, 0.15) is 24.0 Å². The van der Waals surface area contributed by atoms with Crippen molar-refractivity contribution in [2.75, 3.05) is 13.1 Å².